The predicted octanol–water partition coefficient (Wildman–Crippen LogP) is 1.49. The molecule has 1 heterocycles. The van der Waals surface area contributed by atoms with Gasteiger partial charge in [0.25, 0.3) is 0 Å². The van der Waals surface area contributed by atoms with Gasteiger partial charge in [0.05, 0.1) is 6.54 Å². The summed E-state index contributed by atoms with van der Waals surface area (Å²) in [5, 5.41) is 2.74. The molecule has 1 aromatic rings. The van der Waals surface area contributed by atoms with Gasteiger partial charge in [0.15, 0.2) is 0 Å². The number of amides is 2. The van der Waals surface area contributed by atoms with Crippen LogP contribution >= 0.6 is 24.8 Å². The molecule has 0 spiro atoms. The molecule has 0 aliphatic carbocycles. The third-order valence-electron chi connectivity index (χ3n) is 3.81. The molecule has 0 bridgehead atoms. The van der Waals surface area contributed by atoms with Gasteiger partial charge >= 0.3 is 0 Å². The van der Waals surface area contributed by atoms with Gasteiger partial charge in [-0.25, -0.2) is 4.39 Å². The molecule has 2 amide bonds. The Morgan fingerprint density at radius 3 is 2.24 bits per heavy atom. The Balaban J connectivity index is 0.00000288. The van der Waals surface area contributed by atoms with Crippen molar-refractivity contribution >= 4 is 42.3 Å². The lowest BCUT2D eigenvalue weighted by Gasteiger charge is -2.34. The van der Waals surface area contributed by atoms with Crippen LogP contribution < -0.4 is 11.1 Å². The molecule has 3 N–H and O–H groups in total. The third-order valence-corrected chi connectivity index (χ3v) is 3.81. The largest absolute Gasteiger partial charge is 0.340 e. The van der Waals surface area contributed by atoms with Gasteiger partial charge in [-0.1, -0.05) is 0 Å². The smallest absolute Gasteiger partial charge is 0.238 e. The van der Waals surface area contributed by atoms with Crippen LogP contribution in [0.4, 0.5) is 10.1 Å². The van der Waals surface area contributed by atoms with Gasteiger partial charge in [0.1, 0.15) is 5.82 Å². The minimum atomic E-state index is -0.335. The van der Waals surface area contributed by atoms with Crippen molar-refractivity contribution in [1.82, 2.24) is 9.80 Å². The van der Waals surface area contributed by atoms with Crippen molar-refractivity contribution in [3.63, 3.8) is 0 Å². The van der Waals surface area contributed by atoms with Crippen LogP contribution in [0.2, 0.25) is 0 Å². The predicted molar refractivity (Wildman–Crippen MR) is 101 cm³/mol. The first-order valence-corrected chi connectivity index (χ1v) is 7.84. The Bertz CT molecular complexity index is 537. The summed E-state index contributed by atoms with van der Waals surface area (Å²) in [5.74, 6) is -0.344. The molecule has 1 aromatic carbocycles. The zero-order valence-corrected chi connectivity index (χ0v) is 15.6. The number of carbonyl (C=O) groups is 2. The highest BCUT2D eigenvalue weighted by molar-refractivity contribution is 5.92. The molecular weight excluding hydrogens is 370 g/mol. The van der Waals surface area contributed by atoms with Crippen LogP contribution in [0.5, 0.6) is 0 Å². The molecule has 0 radical (unpaired) electrons. The summed E-state index contributed by atoms with van der Waals surface area (Å²) < 4.78 is 12.8. The molecule has 2 rings (SSSR count). The summed E-state index contributed by atoms with van der Waals surface area (Å²) in [6.45, 7) is 3.40. The van der Waals surface area contributed by atoms with E-state index in [-0.39, 0.29) is 49.0 Å². The maximum atomic E-state index is 12.8. The normalized spacial score (nSPS) is 14.2. The van der Waals surface area contributed by atoms with Crippen molar-refractivity contribution in [2.45, 2.75) is 12.8 Å². The zero-order chi connectivity index (χ0) is 16.7. The monoisotopic (exact) mass is 394 g/mol. The Morgan fingerprint density at radius 2 is 1.68 bits per heavy atom. The van der Waals surface area contributed by atoms with E-state index in [1.54, 1.807) is 0 Å². The quantitative estimate of drug-likeness (QED) is 0.765. The zero-order valence-electron chi connectivity index (χ0n) is 13.9. The molecule has 0 saturated carbocycles. The van der Waals surface area contributed by atoms with Crippen LogP contribution in [-0.4, -0.2) is 60.9 Å². The van der Waals surface area contributed by atoms with E-state index in [0.717, 1.165) is 0 Å². The Labute approximate surface area is 159 Å². The van der Waals surface area contributed by atoms with Crippen molar-refractivity contribution in [3.8, 4) is 0 Å². The molecule has 1 aliphatic rings. The van der Waals surface area contributed by atoms with Crippen molar-refractivity contribution in [3.05, 3.63) is 30.1 Å². The van der Waals surface area contributed by atoms with Crippen LogP contribution in [0.15, 0.2) is 24.3 Å². The first-order valence-electron chi connectivity index (χ1n) is 7.84. The van der Waals surface area contributed by atoms with Gasteiger partial charge in [-0.3, -0.25) is 14.5 Å². The topological polar surface area (TPSA) is 78.7 Å². The molecule has 142 valence electrons. The molecule has 0 unspecified atom stereocenters. The minimum absolute atomic E-state index is 0. The molecule has 9 heteroatoms. The number of nitrogens with zero attached hydrogens (tertiary/aromatic N) is 2. The number of hydrogen-bond donors (Lipinski definition) is 2. The second-order valence-electron chi connectivity index (χ2n) is 5.60. The first kappa shape index (κ1) is 23.6. The van der Waals surface area contributed by atoms with E-state index in [1.807, 2.05) is 9.80 Å². The molecule has 0 atom stereocenters. The van der Waals surface area contributed by atoms with Gasteiger partial charge < -0.3 is 16.0 Å². The van der Waals surface area contributed by atoms with Crippen LogP contribution in [-0.2, 0) is 9.59 Å². The number of anilines is 1. The van der Waals surface area contributed by atoms with Gasteiger partial charge in [0, 0.05) is 38.3 Å². The lowest BCUT2D eigenvalue weighted by Crippen LogP contribution is -2.50. The van der Waals surface area contributed by atoms with Gasteiger partial charge in [-0.15, -0.1) is 24.8 Å². The summed E-state index contributed by atoms with van der Waals surface area (Å²) in [5.41, 5.74) is 5.99. The molecule has 1 aliphatic heterocycles. The highest BCUT2D eigenvalue weighted by Gasteiger charge is 2.21. The van der Waals surface area contributed by atoms with Crippen LogP contribution in [0.1, 0.15) is 12.8 Å². The third kappa shape index (κ3) is 8.00. The number of piperazine rings is 1. The standard InChI is InChI=1S/C16H23FN4O2.2ClH/c17-13-3-5-14(6-4-13)19-15(22)12-20-8-10-21(11-9-20)16(23)2-1-7-18;;/h3-6H,1-2,7-12,18H2,(H,19,22);2*1H. The second kappa shape index (κ2) is 12.0. The van der Waals surface area contributed by atoms with Gasteiger partial charge in [-0.2, -0.15) is 0 Å². The summed E-state index contributed by atoms with van der Waals surface area (Å²) >= 11 is 0. The Kier molecular flexibility index (Phi) is 11.3. The summed E-state index contributed by atoms with van der Waals surface area (Å²) in [6, 6.07) is 5.67. The number of hydrogen-bond acceptors (Lipinski definition) is 4. The number of nitrogens with two attached hydrogens (primary N) is 1. The molecular formula is C16H25Cl2FN4O2. The van der Waals surface area contributed by atoms with E-state index in [1.165, 1.54) is 24.3 Å². The number of nitrogens with one attached hydrogen (secondary N) is 1. The fraction of sp³-hybridized carbons (Fsp3) is 0.500. The number of rotatable bonds is 6. The summed E-state index contributed by atoms with van der Waals surface area (Å²) in [6.07, 6.45) is 1.20. The highest BCUT2D eigenvalue weighted by atomic mass is 35.5. The molecule has 1 fully saturated rings. The maximum absolute atomic E-state index is 12.8. The maximum Gasteiger partial charge on any atom is 0.238 e. The average Bonchev–Trinajstić information content (AvgIpc) is 2.55. The highest BCUT2D eigenvalue weighted by Crippen LogP contribution is 2.09. The molecule has 1 saturated heterocycles. The number of carbonyl (C=O) groups excluding carboxylic acids is 2. The van der Waals surface area contributed by atoms with Gasteiger partial charge in [0.2, 0.25) is 11.8 Å². The lowest BCUT2D eigenvalue weighted by molar-refractivity contribution is -0.133. The Hall–Kier alpha value is -1.41. The Morgan fingerprint density at radius 1 is 1.08 bits per heavy atom. The van der Waals surface area contributed by atoms with E-state index < -0.39 is 0 Å². The van der Waals surface area contributed by atoms with Gasteiger partial charge in [-0.05, 0) is 37.2 Å². The van der Waals surface area contributed by atoms with E-state index in [2.05, 4.69) is 5.32 Å². The van der Waals surface area contributed by atoms with Crippen molar-refractivity contribution in [2.75, 3.05) is 44.6 Å². The molecule has 6 nitrogen and oxygen atoms in total. The van der Waals surface area contributed by atoms with Crippen LogP contribution in [0, 0.1) is 5.82 Å². The van der Waals surface area contributed by atoms with E-state index in [0.29, 0.717) is 51.3 Å². The van der Waals surface area contributed by atoms with Crippen molar-refractivity contribution in [1.29, 1.82) is 0 Å². The number of benzene rings is 1. The summed E-state index contributed by atoms with van der Waals surface area (Å²) in [4.78, 5) is 27.7. The van der Waals surface area contributed by atoms with E-state index in [4.69, 9.17) is 5.73 Å². The SMILES string of the molecule is Cl.Cl.NCCCC(=O)N1CCN(CC(=O)Nc2ccc(F)cc2)CC1. The number of halogens is 3. The summed E-state index contributed by atoms with van der Waals surface area (Å²) in [7, 11) is 0. The first-order chi connectivity index (χ1) is 11.1. The average molecular weight is 395 g/mol. The molecule has 25 heavy (non-hydrogen) atoms. The fourth-order valence-electron chi connectivity index (χ4n) is 2.50. The van der Waals surface area contributed by atoms with Crippen molar-refractivity contribution in [2.24, 2.45) is 5.73 Å². The minimum Gasteiger partial charge on any atom is -0.340 e. The van der Waals surface area contributed by atoms with E-state index >= 15 is 0 Å². The van der Waals surface area contributed by atoms with E-state index in [9.17, 15) is 14.0 Å². The second-order valence-corrected chi connectivity index (χ2v) is 5.60. The fourth-order valence-corrected chi connectivity index (χ4v) is 2.50. The van der Waals surface area contributed by atoms with Crippen LogP contribution in [0.25, 0.3) is 0 Å². The van der Waals surface area contributed by atoms with Crippen molar-refractivity contribution < 1.29 is 14.0 Å². The van der Waals surface area contributed by atoms with Crippen LogP contribution in [0.3, 0.4) is 0 Å². The lowest BCUT2D eigenvalue weighted by atomic mass is 10.2. The molecule has 0 aromatic heterocycles.